The highest BCUT2D eigenvalue weighted by atomic mass is 16.5. The van der Waals surface area contributed by atoms with Gasteiger partial charge in [0.15, 0.2) is 17.3 Å². The summed E-state index contributed by atoms with van der Waals surface area (Å²) in [5.41, 5.74) is 2.05. The fraction of sp³-hybridized carbons (Fsp3) is 0.160. The molecular weight excluding hydrogens is 426 g/mol. The van der Waals surface area contributed by atoms with Gasteiger partial charge in [-0.15, -0.1) is 0 Å². The molecule has 2 aromatic carbocycles. The molecule has 0 bridgehead atoms. The number of allylic oxidation sites excluding steroid dienone is 1. The lowest BCUT2D eigenvalue weighted by atomic mass is 10.0. The first-order valence-corrected chi connectivity index (χ1v) is 9.96. The molecule has 33 heavy (non-hydrogen) atoms. The SMILES string of the molecule is COc1cc(C(=O)Oc2cc(C)c3c(c2)OC(=Cc2ccncc2)C3=O)cc(OC)c1OC. The molecule has 0 N–H and O–H groups in total. The number of hydrogen-bond acceptors (Lipinski definition) is 8. The van der Waals surface area contributed by atoms with Gasteiger partial charge in [0.2, 0.25) is 11.5 Å². The lowest BCUT2D eigenvalue weighted by molar-refractivity contribution is 0.0733. The van der Waals surface area contributed by atoms with Crippen LogP contribution in [-0.4, -0.2) is 38.1 Å². The van der Waals surface area contributed by atoms with Crippen LogP contribution >= 0.6 is 0 Å². The molecular formula is C25H21NO7. The van der Waals surface area contributed by atoms with Crippen molar-refractivity contribution in [3.8, 4) is 28.7 Å². The molecule has 0 amide bonds. The average Bonchev–Trinajstić information content (AvgIpc) is 3.13. The molecule has 0 spiro atoms. The summed E-state index contributed by atoms with van der Waals surface area (Å²) < 4.78 is 27.2. The number of esters is 1. The van der Waals surface area contributed by atoms with Gasteiger partial charge in [0, 0.05) is 18.5 Å². The maximum Gasteiger partial charge on any atom is 0.343 e. The van der Waals surface area contributed by atoms with Crippen molar-refractivity contribution in [1.82, 2.24) is 4.98 Å². The van der Waals surface area contributed by atoms with E-state index in [1.54, 1.807) is 43.6 Å². The molecule has 8 nitrogen and oxygen atoms in total. The highest BCUT2D eigenvalue weighted by Gasteiger charge is 2.30. The molecule has 0 radical (unpaired) electrons. The molecule has 1 aliphatic heterocycles. The van der Waals surface area contributed by atoms with Crippen LogP contribution in [0.1, 0.15) is 31.8 Å². The second kappa shape index (κ2) is 9.04. The molecule has 8 heteroatoms. The summed E-state index contributed by atoms with van der Waals surface area (Å²) in [6.07, 6.45) is 4.90. The number of aryl methyl sites for hydroxylation is 1. The van der Waals surface area contributed by atoms with Crippen molar-refractivity contribution in [2.75, 3.05) is 21.3 Å². The number of hydrogen-bond donors (Lipinski definition) is 0. The number of pyridine rings is 1. The Morgan fingerprint density at radius 3 is 2.24 bits per heavy atom. The zero-order valence-electron chi connectivity index (χ0n) is 18.5. The predicted molar refractivity (Wildman–Crippen MR) is 119 cm³/mol. The van der Waals surface area contributed by atoms with E-state index in [-0.39, 0.29) is 22.9 Å². The van der Waals surface area contributed by atoms with Gasteiger partial charge in [-0.05, 0) is 54.5 Å². The van der Waals surface area contributed by atoms with E-state index in [1.807, 2.05) is 0 Å². The topological polar surface area (TPSA) is 93.2 Å². The number of rotatable bonds is 6. The van der Waals surface area contributed by atoms with Gasteiger partial charge in [-0.1, -0.05) is 0 Å². The molecule has 1 aromatic heterocycles. The number of carbonyl (C=O) groups is 2. The van der Waals surface area contributed by atoms with Gasteiger partial charge in [-0.3, -0.25) is 9.78 Å². The molecule has 0 saturated heterocycles. The van der Waals surface area contributed by atoms with Gasteiger partial charge >= 0.3 is 5.97 Å². The van der Waals surface area contributed by atoms with Crippen molar-refractivity contribution in [3.05, 3.63) is 76.8 Å². The zero-order valence-corrected chi connectivity index (χ0v) is 18.5. The largest absolute Gasteiger partial charge is 0.493 e. The minimum Gasteiger partial charge on any atom is -0.493 e. The number of methoxy groups -OCH3 is 3. The van der Waals surface area contributed by atoms with E-state index >= 15 is 0 Å². The Kier molecular flexibility index (Phi) is 5.99. The molecule has 0 atom stereocenters. The molecule has 0 fully saturated rings. The molecule has 2 heterocycles. The third-order valence-electron chi connectivity index (χ3n) is 5.06. The molecule has 168 valence electrons. The molecule has 0 unspecified atom stereocenters. The highest BCUT2D eigenvalue weighted by Crippen LogP contribution is 2.40. The van der Waals surface area contributed by atoms with Gasteiger partial charge in [-0.25, -0.2) is 4.79 Å². The Bertz CT molecular complexity index is 1240. The fourth-order valence-corrected chi connectivity index (χ4v) is 3.51. The number of ether oxygens (including phenoxy) is 5. The predicted octanol–water partition coefficient (Wildman–Crippen LogP) is 4.25. The summed E-state index contributed by atoms with van der Waals surface area (Å²) in [5, 5.41) is 0. The molecule has 3 aromatic rings. The minimum absolute atomic E-state index is 0.187. The summed E-state index contributed by atoms with van der Waals surface area (Å²) in [5.74, 6) is 0.906. The summed E-state index contributed by atoms with van der Waals surface area (Å²) in [4.78, 5) is 29.6. The normalized spacial score (nSPS) is 13.3. The summed E-state index contributed by atoms with van der Waals surface area (Å²) in [6.45, 7) is 1.76. The van der Waals surface area contributed by atoms with Gasteiger partial charge in [0.05, 0.1) is 32.5 Å². The third kappa shape index (κ3) is 4.23. The zero-order chi connectivity index (χ0) is 23.5. The first-order valence-electron chi connectivity index (χ1n) is 9.96. The Labute approximate surface area is 190 Å². The monoisotopic (exact) mass is 447 g/mol. The second-order valence-electron chi connectivity index (χ2n) is 7.14. The Morgan fingerprint density at radius 1 is 0.970 bits per heavy atom. The number of nitrogens with zero attached hydrogens (tertiary/aromatic N) is 1. The first-order chi connectivity index (χ1) is 15.9. The van der Waals surface area contributed by atoms with Crippen LogP contribution in [0.4, 0.5) is 0 Å². The number of Topliss-reactive ketones (excluding diaryl/α,β-unsaturated/α-hetero) is 1. The van der Waals surface area contributed by atoms with E-state index in [4.69, 9.17) is 23.7 Å². The van der Waals surface area contributed by atoms with E-state index in [0.29, 0.717) is 34.1 Å². The number of ketones is 1. The van der Waals surface area contributed by atoms with Crippen LogP contribution in [0.2, 0.25) is 0 Å². The van der Waals surface area contributed by atoms with Gasteiger partial charge in [0.1, 0.15) is 11.5 Å². The first kappa shape index (κ1) is 21.9. The van der Waals surface area contributed by atoms with Crippen LogP contribution in [0, 0.1) is 6.92 Å². The second-order valence-corrected chi connectivity index (χ2v) is 7.14. The van der Waals surface area contributed by atoms with E-state index in [2.05, 4.69) is 4.98 Å². The van der Waals surface area contributed by atoms with Crippen LogP contribution in [0.15, 0.2) is 54.6 Å². The van der Waals surface area contributed by atoms with Crippen LogP contribution in [0.3, 0.4) is 0 Å². The van der Waals surface area contributed by atoms with Crippen molar-refractivity contribution in [2.24, 2.45) is 0 Å². The van der Waals surface area contributed by atoms with E-state index in [0.717, 1.165) is 5.56 Å². The molecule has 4 rings (SSSR count). The number of carbonyl (C=O) groups excluding carboxylic acids is 2. The van der Waals surface area contributed by atoms with Crippen LogP contribution < -0.4 is 23.7 Å². The van der Waals surface area contributed by atoms with Gasteiger partial charge in [0.25, 0.3) is 0 Å². The average molecular weight is 447 g/mol. The van der Waals surface area contributed by atoms with E-state index in [1.165, 1.54) is 39.5 Å². The van der Waals surface area contributed by atoms with Crippen LogP contribution in [-0.2, 0) is 0 Å². The van der Waals surface area contributed by atoms with Crippen LogP contribution in [0.25, 0.3) is 6.08 Å². The standard InChI is InChI=1S/C25H21NO7/c1-14-9-17(32-25(28)16-11-20(29-2)24(31-4)21(12-16)30-3)13-18-22(14)23(27)19(33-18)10-15-5-7-26-8-6-15/h5-13H,1-4H3. The highest BCUT2D eigenvalue weighted by molar-refractivity contribution is 6.15. The Morgan fingerprint density at radius 2 is 1.64 bits per heavy atom. The van der Waals surface area contributed by atoms with Crippen molar-refractivity contribution >= 4 is 17.8 Å². The van der Waals surface area contributed by atoms with Gasteiger partial charge in [-0.2, -0.15) is 0 Å². The number of fused-ring (bicyclic) bond motifs is 1. The Balaban J connectivity index is 1.62. The van der Waals surface area contributed by atoms with Gasteiger partial charge < -0.3 is 23.7 Å². The van der Waals surface area contributed by atoms with Crippen molar-refractivity contribution in [3.63, 3.8) is 0 Å². The molecule has 0 saturated carbocycles. The Hall–Kier alpha value is -4.33. The summed E-state index contributed by atoms with van der Waals surface area (Å²) in [7, 11) is 4.40. The van der Waals surface area contributed by atoms with Crippen molar-refractivity contribution < 1.29 is 33.3 Å². The van der Waals surface area contributed by atoms with Crippen molar-refractivity contribution in [1.29, 1.82) is 0 Å². The smallest absolute Gasteiger partial charge is 0.343 e. The van der Waals surface area contributed by atoms with Crippen molar-refractivity contribution in [2.45, 2.75) is 6.92 Å². The minimum atomic E-state index is -0.634. The fourth-order valence-electron chi connectivity index (χ4n) is 3.51. The maximum atomic E-state index is 12.8. The van der Waals surface area contributed by atoms with E-state index < -0.39 is 5.97 Å². The lowest BCUT2D eigenvalue weighted by Crippen LogP contribution is -2.10. The number of aromatic nitrogens is 1. The summed E-state index contributed by atoms with van der Waals surface area (Å²) >= 11 is 0. The summed E-state index contributed by atoms with van der Waals surface area (Å²) in [6, 6.07) is 9.67. The quantitative estimate of drug-likeness (QED) is 0.315. The molecule has 0 aliphatic carbocycles. The van der Waals surface area contributed by atoms with E-state index in [9.17, 15) is 9.59 Å². The maximum absolute atomic E-state index is 12.8. The lowest BCUT2D eigenvalue weighted by Gasteiger charge is -2.14. The van der Waals surface area contributed by atoms with Crippen LogP contribution in [0.5, 0.6) is 28.7 Å². The molecule has 1 aliphatic rings. The number of benzene rings is 2. The third-order valence-corrected chi connectivity index (χ3v) is 5.06.